The third kappa shape index (κ3) is 64.6. The van der Waals surface area contributed by atoms with Crippen molar-refractivity contribution >= 4 is 5.91 Å². The Morgan fingerprint density at radius 3 is 0.846 bits per heavy atom. The Morgan fingerprint density at radius 2 is 0.564 bits per heavy atom. The number of unbranched alkanes of at least 4 members (excludes halogenated alkanes) is 48. The van der Waals surface area contributed by atoms with Crippen LogP contribution in [0.1, 0.15) is 373 Å². The largest absolute Gasteiger partial charge is 0.394 e. The summed E-state index contributed by atoms with van der Waals surface area (Å²) in [6.45, 7) is 4.23. The summed E-state index contributed by atoms with van der Waals surface area (Å²) < 4.78 is 0. The Hall–Kier alpha value is -2.17. The zero-order chi connectivity index (χ0) is 56.2. The summed E-state index contributed by atoms with van der Waals surface area (Å²) in [7, 11) is 0. The summed E-state index contributed by atoms with van der Waals surface area (Å²) in [6.07, 6.45) is 99.9. The van der Waals surface area contributed by atoms with Crippen molar-refractivity contribution in [1.82, 2.24) is 5.32 Å². The van der Waals surface area contributed by atoms with Crippen LogP contribution in [0.2, 0.25) is 0 Å². The van der Waals surface area contributed by atoms with E-state index in [2.05, 4.69) is 79.9 Å². The summed E-state index contributed by atoms with van der Waals surface area (Å²) in [5.41, 5.74) is 0. The second-order valence-corrected chi connectivity index (χ2v) is 23.9. The van der Waals surface area contributed by atoms with Gasteiger partial charge < -0.3 is 15.5 Å². The number of rotatable bonds is 65. The second-order valence-electron chi connectivity index (χ2n) is 23.9. The number of carbonyl (C=O) groups is 1. The lowest BCUT2D eigenvalue weighted by molar-refractivity contribution is -0.123. The van der Waals surface area contributed by atoms with Crippen LogP contribution >= 0.6 is 0 Å². The predicted molar refractivity (Wildman–Crippen MR) is 350 cm³/mol. The van der Waals surface area contributed by atoms with E-state index in [0.29, 0.717) is 6.42 Å². The van der Waals surface area contributed by atoms with Crippen LogP contribution in [0.5, 0.6) is 0 Å². The first kappa shape index (κ1) is 75.8. The molecule has 0 heterocycles. The molecule has 0 fully saturated rings. The first-order chi connectivity index (χ1) is 38.7. The van der Waals surface area contributed by atoms with Gasteiger partial charge >= 0.3 is 0 Å². The lowest BCUT2D eigenvalue weighted by Gasteiger charge is -2.20. The molecule has 0 saturated carbocycles. The van der Waals surface area contributed by atoms with Gasteiger partial charge in [-0.15, -0.1) is 0 Å². The molecule has 0 aromatic heterocycles. The zero-order valence-electron chi connectivity index (χ0n) is 52.7. The van der Waals surface area contributed by atoms with E-state index in [9.17, 15) is 15.0 Å². The highest BCUT2D eigenvalue weighted by Crippen LogP contribution is 2.19. The van der Waals surface area contributed by atoms with Crippen LogP contribution in [-0.4, -0.2) is 34.9 Å². The zero-order valence-corrected chi connectivity index (χ0v) is 52.7. The molecular formula is C74H137NO3. The van der Waals surface area contributed by atoms with Gasteiger partial charge in [0, 0.05) is 6.42 Å². The van der Waals surface area contributed by atoms with Gasteiger partial charge in [-0.25, -0.2) is 0 Å². The molecule has 4 heteroatoms. The molecule has 1 amide bonds. The van der Waals surface area contributed by atoms with Crippen molar-refractivity contribution in [1.29, 1.82) is 0 Å². The molecule has 0 aliphatic rings. The van der Waals surface area contributed by atoms with Crippen molar-refractivity contribution in [2.75, 3.05) is 6.61 Å². The van der Waals surface area contributed by atoms with Gasteiger partial charge in [0.1, 0.15) is 0 Å². The lowest BCUT2D eigenvalue weighted by Crippen LogP contribution is -2.45. The van der Waals surface area contributed by atoms with E-state index in [1.54, 1.807) is 6.08 Å². The van der Waals surface area contributed by atoms with Crippen LogP contribution in [0, 0.1) is 0 Å². The lowest BCUT2D eigenvalue weighted by atomic mass is 10.0. The molecule has 0 aliphatic carbocycles. The van der Waals surface area contributed by atoms with Gasteiger partial charge in [-0.05, 0) is 64.2 Å². The Balaban J connectivity index is 3.43. The van der Waals surface area contributed by atoms with Crippen LogP contribution in [0.4, 0.5) is 0 Å². The quantitative estimate of drug-likeness (QED) is 0.0420. The summed E-state index contributed by atoms with van der Waals surface area (Å²) in [6, 6.07) is -0.625. The molecule has 2 unspecified atom stereocenters. The summed E-state index contributed by atoms with van der Waals surface area (Å²) in [5, 5.41) is 23.3. The van der Waals surface area contributed by atoms with Crippen molar-refractivity contribution in [2.45, 2.75) is 386 Å². The van der Waals surface area contributed by atoms with E-state index in [4.69, 9.17) is 0 Å². The van der Waals surface area contributed by atoms with Crippen molar-refractivity contribution < 1.29 is 15.0 Å². The van der Waals surface area contributed by atoms with E-state index < -0.39 is 12.1 Å². The molecule has 0 spiro atoms. The SMILES string of the molecule is CC/C=C\C/C=C\C/C=C\C/C=C\C/C=C\CCCCCCCCCCCCCCCCCCCCCCCC(=O)NC(CO)C(O)/C=C/CCCCCCCCCCCCCCCCCCCCCCCCCCCCC. The van der Waals surface area contributed by atoms with Crippen LogP contribution in [0.25, 0.3) is 0 Å². The van der Waals surface area contributed by atoms with Gasteiger partial charge in [0.15, 0.2) is 0 Å². The number of nitrogens with one attached hydrogen (secondary N) is 1. The predicted octanol–water partition coefficient (Wildman–Crippen LogP) is 24.0. The number of aliphatic hydroxyl groups excluding tert-OH is 2. The molecule has 0 saturated heterocycles. The van der Waals surface area contributed by atoms with E-state index in [1.807, 2.05) is 6.08 Å². The molecular weight excluding hydrogens is 951 g/mol. The number of carbonyl (C=O) groups excluding carboxylic acids is 1. The Bertz CT molecular complexity index is 1330. The molecule has 0 aliphatic heterocycles. The number of hydrogen-bond donors (Lipinski definition) is 3. The average molecular weight is 1090 g/mol. The molecule has 3 N–H and O–H groups in total. The Kier molecular flexibility index (Phi) is 67.2. The van der Waals surface area contributed by atoms with Crippen molar-refractivity contribution in [3.05, 3.63) is 72.9 Å². The topological polar surface area (TPSA) is 69.6 Å². The fourth-order valence-electron chi connectivity index (χ4n) is 10.9. The van der Waals surface area contributed by atoms with Gasteiger partial charge in [0.25, 0.3) is 0 Å². The average Bonchev–Trinajstić information content (AvgIpc) is 3.44. The third-order valence-corrected chi connectivity index (χ3v) is 16.2. The normalized spacial score (nSPS) is 13.1. The minimum Gasteiger partial charge on any atom is -0.394 e. The van der Waals surface area contributed by atoms with Crippen molar-refractivity contribution in [3.8, 4) is 0 Å². The van der Waals surface area contributed by atoms with Gasteiger partial charge in [0.2, 0.25) is 5.91 Å². The first-order valence-electron chi connectivity index (χ1n) is 35.2. The maximum Gasteiger partial charge on any atom is 0.220 e. The summed E-state index contributed by atoms with van der Waals surface area (Å²) >= 11 is 0. The van der Waals surface area contributed by atoms with E-state index in [1.165, 1.54) is 295 Å². The van der Waals surface area contributed by atoms with E-state index >= 15 is 0 Å². The van der Waals surface area contributed by atoms with E-state index in [0.717, 1.165) is 57.8 Å². The fourth-order valence-corrected chi connectivity index (χ4v) is 10.9. The number of hydrogen-bond acceptors (Lipinski definition) is 3. The molecule has 0 radical (unpaired) electrons. The van der Waals surface area contributed by atoms with Gasteiger partial charge in [-0.1, -0.05) is 376 Å². The highest BCUT2D eigenvalue weighted by molar-refractivity contribution is 5.76. The molecule has 0 bridgehead atoms. The van der Waals surface area contributed by atoms with Crippen LogP contribution < -0.4 is 5.32 Å². The third-order valence-electron chi connectivity index (χ3n) is 16.2. The Morgan fingerprint density at radius 1 is 0.321 bits per heavy atom. The highest BCUT2D eigenvalue weighted by Gasteiger charge is 2.18. The fraction of sp³-hybridized carbons (Fsp3) is 0.824. The van der Waals surface area contributed by atoms with Crippen LogP contribution in [0.3, 0.4) is 0 Å². The maximum absolute atomic E-state index is 12.5. The molecule has 0 rings (SSSR count). The smallest absolute Gasteiger partial charge is 0.220 e. The van der Waals surface area contributed by atoms with Crippen molar-refractivity contribution in [3.63, 3.8) is 0 Å². The number of aliphatic hydroxyl groups is 2. The van der Waals surface area contributed by atoms with Gasteiger partial charge in [-0.2, -0.15) is 0 Å². The molecule has 456 valence electrons. The summed E-state index contributed by atoms with van der Waals surface area (Å²) in [4.78, 5) is 12.5. The van der Waals surface area contributed by atoms with Crippen molar-refractivity contribution in [2.24, 2.45) is 0 Å². The minimum absolute atomic E-state index is 0.0578. The maximum atomic E-state index is 12.5. The second kappa shape index (κ2) is 69.1. The standard InChI is InChI=1S/C74H137NO3/c1-3-5-7-9-11-13-15-17-19-21-23-25-27-29-31-33-34-35-36-37-38-39-40-42-44-46-48-50-52-54-56-58-60-62-64-66-68-70-74(78)75-72(71-76)73(77)69-67-65-63-61-59-57-55-53-51-49-47-45-43-41-32-30-28-26-24-22-20-18-16-14-12-10-8-6-4-2/h5,7,11,13,17,19,23,25,29,31,67,69,72-73,76-77H,3-4,6,8-10,12,14-16,18,20-22,24,26-28,30,32-66,68,70-71H2,1-2H3,(H,75,78)/b7-5-,13-11-,19-17-,25-23-,31-29-,69-67+. The minimum atomic E-state index is -0.842. The monoisotopic (exact) mass is 1090 g/mol. The molecule has 0 aromatic carbocycles. The van der Waals surface area contributed by atoms with Crippen LogP contribution in [0.15, 0.2) is 72.9 Å². The molecule has 78 heavy (non-hydrogen) atoms. The molecule has 0 aromatic rings. The van der Waals surface area contributed by atoms with Gasteiger partial charge in [-0.3, -0.25) is 4.79 Å². The van der Waals surface area contributed by atoms with Gasteiger partial charge in [0.05, 0.1) is 18.8 Å². The summed E-state index contributed by atoms with van der Waals surface area (Å²) in [5.74, 6) is -0.0578. The number of amides is 1. The van der Waals surface area contributed by atoms with Crippen LogP contribution in [-0.2, 0) is 4.79 Å². The first-order valence-corrected chi connectivity index (χ1v) is 35.2. The molecule has 2 atom stereocenters. The Labute approximate surface area is 489 Å². The highest BCUT2D eigenvalue weighted by atomic mass is 16.3. The van der Waals surface area contributed by atoms with E-state index in [-0.39, 0.29) is 12.5 Å². The molecule has 4 nitrogen and oxygen atoms in total. The number of allylic oxidation sites excluding steroid dienone is 11.